The van der Waals surface area contributed by atoms with E-state index in [1.165, 1.54) is 6.92 Å². The van der Waals surface area contributed by atoms with E-state index in [2.05, 4.69) is 10.4 Å². The Morgan fingerprint density at radius 1 is 1.24 bits per heavy atom. The van der Waals surface area contributed by atoms with E-state index in [0.717, 1.165) is 0 Å². The third kappa shape index (κ3) is 5.32. The molecule has 1 heterocycles. The summed E-state index contributed by atoms with van der Waals surface area (Å²) in [6.07, 6.45) is -5.55. The zero-order chi connectivity index (χ0) is 18.6. The van der Waals surface area contributed by atoms with E-state index in [0.29, 0.717) is 5.56 Å². The Hall–Kier alpha value is -1.32. The monoisotopic (exact) mass is 374 g/mol. The van der Waals surface area contributed by atoms with Gasteiger partial charge in [0.15, 0.2) is 0 Å². The van der Waals surface area contributed by atoms with Crippen LogP contribution < -0.4 is 10.4 Å². The van der Waals surface area contributed by atoms with Crippen LogP contribution in [0.15, 0.2) is 30.3 Å². The van der Waals surface area contributed by atoms with E-state index < -0.39 is 50.6 Å². The van der Waals surface area contributed by atoms with Crippen molar-refractivity contribution in [1.82, 2.24) is 10.4 Å². The van der Waals surface area contributed by atoms with Gasteiger partial charge < -0.3 is 30.3 Å². The molecule has 0 radical (unpaired) electrons. The Bertz CT molecular complexity index is 630. The third-order valence-corrected chi connectivity index (χ3v) is 5.32. The molecule has 0 aliphatic carbocycles. The van der Waals surface area contributed by atoms with Gasteiger partial charge >= 0.3 is 0 Å². The van der Waals surface area contributed by atoms with Gasteiger partial charge in [-0.05, 0) is 5.56 Å². The lowest BCUT2D eigenvalue weighted by Crippen LogP contribution is -2.66. The summed E-state index contributed by atoms with van der Waals surface area (Å²) in [7, 11) is -3.95. The van der Waals surface area contributed by atoms with Crippen molar-refractivity contribution in [3.05, 3.63) is 35.9 Å². The van der Waals surface area contributed by atoms with Crippen molar-refractivity contribution in [1.29, 1.82) is 0 Å². The molecule has 0 saturated carbocycles. The first-order valence-corrected chi connectivity index (χ1v) is 9.61. The second-order valence-electron chi connectivity index (χ2n) is 5.96. The van der Waals surface area contributed by atoms with Crippen LogP contribution in [-0.4, -0.2) is 63.3 Å². The zero-order valence-corrected chi connectivity index (χ0v) is 14.5. The molecule has 0 aromatic heterocycles. The summed E-state index contributed by atoms with van der Waals surface area (Å²) < 4.78 is 17.9. The average Bonchev–Trinajstić information content (AvgIpc) is 2.54. The minimum atomic E-state index is -3.95. The number of hydrogen-bond donors (Lipinski definition) is 6. The van der Waals surface area contributed by atoms with Crippen LogP contribution >= 0.6 is 7.52 Å². The second-order valence-corrected chi connectivity index (χ2v) is 7.94. The topological polar surface area (TPSA) is 148 Å². The van der Waals surface area contributed by atoms with Crippen molar-refractivity contribution < 1.29 is 34.3 Å². The van der Waals surface area contributed by atoms with Gasteiger partial charge in [0.25, 0.3) is 7.52 Å². The fraction of sp³-hybridized carbons (Fsp3) is 0.533. The average molecular weight is 374 g/mol. The van der Waals surface area contributed by atoms with E-state index in [1.807, 2.05) is 0 Å². The third-order valence-electron chi connectivity index (χ3n) is 3.86. The molecule has 1 aromatic rings. The number of nitrogens with one attached hydrogen (secondary N) is 2. The van der Waals surface area contributed by atoms with Crippen LogP contribution in [0.1, 0.15) is 12.5 Å². The molecule has 9 nitrogen and oxygen atoms in total. The first kappa shape index (κ1) is 20.0. The predicted octanol–water partition coefficient (Wildman–Crippen LogP) is -1.09. The Balaban J connectivity index is 2.17. The van der Waals surface area contributed by atoms with Crippen LogP contribution in [0.2, 0.25) is 0 Å². The highest BCUT2D eigenvalue weighted by molar-refractivity contribution is 7.55. The molecular formula is C15H23N2O7P. The number of benzene rings is 1. The fourth-order valence-electron chi connectivity index (χ4n) is 2.70. The van der Waals surface area contributed by atoms with Crippen LogP contribution in [0.4, 0.5) is 0 Å². The van der Waals surface area contributed by atoms with E-state index in [4.69, 9.17) is 4.74 Å². The molecular weight excluding hydrogens is 351 g/mol. The number of carbonyl (C=O) groups is 1. The molecule has 10 heteroatoms. The van der Waals surface area contributed by atoms with Gasteiger partial charge in [-0.3, -0.25) is 9.36 Å². The molecule has 1 amide bonds. The summed E-state index contributed by atoms with van der Waals surface area (Å²) in [5.74, 6) is -0.509. The van der Waals surface area contributed by atoms with Crippen molar-refractivity contribution in [2.75, 3.05) is 6.61 Å². The minimum absolute atomic E-state index is 0.192. The number of hydrogen-bond acceptors (Lipinski definition) is 6. The van der Waals surface area contributed by atoms with Gasteiger partial charge in [-0.15, -0.1) is 0 Å². The van der Waals surface area contributed by atoms with E-state index in [1.54, 1.807) is 30.3 Å². The van der Waals surface area contributed by atoms with Crippen LogP contribution in [0, 0.1) is 0 Å². The molecule has 6 N–H and O–H groups in total. The maximum absolute atomic E-state index is 12.5. The zero-order valence-electron chi connectivity index (χ0n) is 13.6. The molecule has 2 rings (SSSR count). The molecule has 140 valence electrons. The van der Waals surface area contributed by atoms with E-state index >= 15 is 0 Å². The number of aliphatic hydroxyl groups is 3. The Morgan fingerprint density at radius 3 is 2.44 bits per heavy atom. The minimum Gasteiger partial charge on any atom is -0.394 e. The Kier molecular flexibility index (Phi) is 6.70. The maximum Gasteiger partial charge on any atom is 0.273 e. The van der Waals surface area contributed by atoms with Gasteiger partial charge in [0.1, 0.15) is 24.5 Å². The molecule has 25 heavy (non-hydrogen) atoms. The van der Waals surface area contributed by atoms with Gasteiger partial charge in [0.2, 0.25) is 5.91 Å². The highest BCUT2D eigenvalue weighted by atomic mass is 31.2. The summed E-state index contributed by atoms with van der Waals surface area (Å²) >= 11 is 0. The molecule has 1 saturated heterocycles. The van der Waals surface area contributed by atoms with Crippen LogP contribution in [0.5, 0.6) is 0 Å². The number of carbonyl (C=O) groups excluding carboxylic acids is 1. The van der Waals surface area contributed by atoms with Crippen molar-refractivity contribution in [3.63, 3.8) is 0 Å². The lowest BCUT2D eigenvalue weighted by atomic mass is 9.96. The molecule has 6 atom stereocenters. The summed E-state index contributed by atoms with van der Waals surface area (Å²) in [5, 5.41) is 34.2. The quantitative estimate of drug-likeness (QED) is 0.344. The molecule has 1 aliphatic rings. The Morgan fingerprint density at radius 2 is 1.88 bits per heavy atom. The van der Waals surface area contributed by atoms with Crippen molar-refractivity contribution >= 4 is 13.4 Å². The van der Waals surface area contributed by atoms with Gasteiger partial charge in [-0.25, -0.2) is 5.09 Å². The summed E-state index contributed by atoms with van der Waals surface area (Å²) in [6, 6.07) is 7.45. The number of rotatable bonds is 6. The van der Waals surface area contributed by atoms with Crippen LogP contribution in [-0.2, 0) is 20.3 Å². The van der Waals surface area contributed by atoms with E-state index in [-0.39, 0.29) is 6.16 Å². The van der Waals surface area contributed by atoms with Gasteiger partial charge in [-0.2, -0.15) is 0 Å². The SMILES string of the molecule is CC(=O)N[C@@H]1[C@@H](O)[C@H](O)[C@@H](CO)O[C@H]1NP(=O)(O)Cc1ccccc1. The smallest absolute Gasteiger partial charge is 0.273 e. The largest absolute Gasteiger partial charge is 0.394 e. The van der Waals surface area contributed by atoms with Gasteiger partial charge in [0.05, 0.1) is 18.8 Å². The number of amides is 1. The van der Waals surface area contributed by atoms with Crippen LogP contribution in [0.25, 0.3) is 0 Å². The highest BCUT2D eigenvalue weighted by Crippen LogP contribution is 2.41. The van der Waals surface area contributed by atoms with Gasteiger partial charge in [-0.1, -0.05) is 30.3 Å². The molecule has 1 aromatic carbocycles. The molecule has 1 aliphatic heterocycles. The van der Waals surface area contributed by atoms with Crippen LogP contribution in [0.3, 0.4) is 0 Å². The van der Waals surface area contributed by atoms with Crippen molar-refractivity contribution in [2.45, 2.75) is 43.7 Å². The highest BCUT2D eigenvalue weighted by Gasteiger charge is 2.46. The predicted molar refractivity (Wildman–Crippen MR) is 88.5 cm³/mol. The lowest BCUT2D eigenvalue weighted by Gasteiger charge is -2.43. The van der Waals surface area contributed by atoms with Crippen molar-refractivity contribution in [2.24, 2.45) is 0 Å². The summed E-state index contributed by atoms with van der Waals surface area (Å²) in [6.45, 7) is 0.606. The molecule has 1 unspecified atom stereocenters. The molecule has 1 fully saturated rings. The fourth-order valence-corrected chi connectivity index (χ4v) is 4.11. The lowest BCUT2D eigenvalue weighted by molar-refractivity contribution is -0.198. The Labute approximate surface area is 145 Å². The standard InChI is InChI=1S/C15H23N2O7P/c1-9(19)16-12-14(21)13(20)11(7-18)24-15(12)17-25(22,23)8-10-5-3-2-4-6-10/h2-6,11-15,18,20-21H,7-8H2,1H3,(H,16,19)(H2,17,22,23)/t11-,12-,13-,14-,15-/m1/s1. The molecule has 0 spiro atoms. The first-order valence-electron chi connectivity index (χ1n) is 7.76. The summed E-state index contributed by atoms with van der Waals surface area (Å²) in [4.78, 5) is 21.6. The normalized spacial score (nSPS) is 32.0. The first-order chi connectivity index (χ1) is 11.7. The summed E-state index contributed by atoms with van der Waals surface area (Å²) in [5.41, 5.74) is 0.618. The second kappa shape index (κ2) is 8.37. The molecule has 0 bridgehead atoms. The number of aliphatic hydroxyl groups excluding tert-OH is 3. The number of ether oxygens (including phenoxy) is 1. The van der Waals surface area contributed by atoms with E-state index in [9.17, 15) is 29.6 Å². The van der Waals surface area contributed by atoms with Gasteiger partial charge in [0, 0.05) is 6.92 Å². The van der Waals surface area contributed by atoms with Crippen molar-refractivity contribution in [3.8, 4) is 0 Å². The maximum atomic E-state index is 12.5.